The van der Waals surface area contributed by atoms with Crippen molar-refractivity contribution in [2.45, 2.75) is 29.8 Å². The number of hydrogen-bond donors (Lipinski definition) is 2. The molecule has 4 nitrogen and oxygen atoms in total. The summed E-state index contributed by atoms with van der Waals surface area (Å²) in [5.41, 5.74) is 6.58. The Morgan fingerprint density at radius 2 is 2.20 bits per heavy atom. The van der Waals surface area contributed by atoms with Crippen molar-refractivity contribution in [2.75, 3.05) is 5.73 Å². The molecule has 2 rings (SSSR count). The first-order valence-corrected chi connectivity index (χ1v) is 7.21. The number of aryl methyl sites for hydroxylation is 1. The van der Waals surface area contributed by atoms with E-state index in [1.807, 2.05) is 6.92 Å². The zero-order chi connectivity index (χ0) is 14.7. The van der Waals surface area contributed by atoms with Crippen LogP contribution in [0.15, 0.2) is 33.0 Å². The maximum Gasteiger partial charge on any atom is 0.251 e. The molecule has 0 aliphatic carbocycles. The van der Waals surface area contributed by atoms with E-state index in [4.69, 9.17) is 17.3 Å². The molecule has 0 saturated heterocycles. The predicted molar refractivity (Wildman–Crippen MR) is 78.8 cm³/mol. The molecular formula is C13H13ClFN3OS. The van der Waals surface area contributed by atoms with E-state index in [1.54, 1.807) is 0 Å². The van der Waals surface area contributed by atoms with Crippen LogP contribution in [-0.4, -0.2) is 9.97 Å². The van der Waals surface area contributed by atoms with Gasteiger partial charge in [0.05, 0.1) is 5.02 Å². The first kappa shape index (κ1) is 14.9. The highest BCUT2D eigenvalue weighted by atomic mass is 35.5. The third-order valence-electron chi connectivity index (χ3n) is 2.54. The van der Waals surface area contributed by atoms with Crippen molar-refractivity contribution in [2.24, 2.45) is 0 Å². The summed E-state index contributed by atoms with van der Waals surface area (Å²) in [7, 11) is 0. The first-order valence-electron chi connectivity index (χ1n) is 6.02. The van der Waals surface area contributed by atoms with Gasteiger partial charge in [-0.25, -0.2) is 9.37 Å². The van der Waals surface area contributed by atoms with Crippen molar-refractivity contribution in [1.82, 2.24) is 9.97 Å². The fourth-order valence-corrected chi connectivity index (χ4v) is 2.69. The van der Waals surface area contributed by atoms with E-state index in [1.165, 1.54) is 18.2 Å². The molecule has 0 fully saturated rings. The number of nitrogens with zero attached hydrogens (tertiary/aromatic N) is 1. The Kier molecular flexibility index (Phi) is 4.67. The first-order chi connectivity index (χ1) is 9.49. The largest absolute Gasteiger partial charge is 0.398 e. The number of aromatic amines is 1. The number of nitrogens with one attached hydrogen (secondary N) is 1. The predicted octanol–water partition coefficient (Wildman–Crippen LogP) is 3.25. The fourth-order valence-electron chi connectivity index (χ4n) is 1.65. The second kappa shape index (κ2) is 6.28. The average Bonchev–Trinajstić information content (AvgIpc) is 2.35. The monoisotopic (exact) mass is 313 g/mol. The third kappa shape index (κ3) is 3.52. The molecule has 0 saturated carbocycles. The highest BCUT2D eigenvalue weighted by Crippen LogP contribution is 2.32. The number of rotatable bonds is 4. The maximum absolute atomic E-state index is 13.4. The highest BCUT2D eigenvalue weighted by molar-refractivity contribution is 7.99. The molecule has 2 aromatic rings. The molecule has 1 aromatic carbocycles. The van der Waals surface area contributed by atoms with E-state index < -0.39 is 5.82 Å². The van der Waals surface area contributed by atoms with E-state index in [2.05, 4.69) is 9.97 Å². The molecule has 0 radical (unpaired) electrons. The van der Waals surface area contributed by atoms with E-state index in [0.717, 1.165) is 18.2 Å². The van der Waals surface area contributed by atoms with Crippen LogP contribution in [0.5, 0.6) is 0 Å². The number of hydrogen-bond acceptors (Lipinski definition) is 4. The van der Waals surface area contributed by atoms with Gasteiger partial charge in [0.15, 0.2) is 5.16 Å². The molecule has 0 unspecified atom stereocenters. The van der Waals surface area contributed by atoms with Gasteiger partial charge in [-0.05, 0) is 30.3 Å². The van der Waals surface area contributed by atoms with Gasteiger partial charge < -0.3 is 10.7 Å². The molecule has 1 heterocycles. The minimum Gasteiger partial charge on any atom is -0.398 e. The van der Waals surface area contributed by atoms with Gasteiger partial charge in [0.2, 0.25) is 0 Å². The third-order valence-corrected chi connectivity index (χ3v) is 3.79. The van der Waals surface area contributed by atoms with Gasteiger partial charge in [-0.3, -0.25) is 4.79 Å². The summed E-state index contributed by atoms with van der Waals surface area (Å²) >= 11 is 6.74. The van der Waals surface area contributed by atoms with E-state index in [0.29, 0.717) is 27.9 Å². The average molecular weight is 314 g/mol. The number of anilines is 1. The van der Waals surface area contributed by atoms with E-state index >= 15 is 0 Å². The molecule has 0 aliphatic heterocycles. The summed E-state index contributed by atoms with van der Waals surface area (Å²) in [6.07, 6.45) is 1.60. The number of nitrogen functional groups attached to an aromatic ring is 1. The van der Waals surface area contributed by atoms with Crippen molar-refractivity contribution < 1.29 is 4.39 Å². The maximum atomic E-state index is 13.4. The van der Waals surface area contributed by atoms with Crippen molar-refractivity contribution in [3.63, 3.8) is 0 Å². The van der Waals surface area contributed by atoms with Crippen LogP contribution in [0, 0.1) is 5.82 Å². The minimum atomic E-state index is -0.560. The van der Waals surface area contributed by atoms with Crippen molar-refractivity contribution in [3.8, 4) is 0 Å². The van der Waals surface area contributed by atoms with Gasteiger partial charge in [-0.2, -0.15) is 0 Å². The molecule has 0 aliphatic rings. The summed E-state index contributed by atoms with van der Waals surface area (Å²) in [5.74, 6) is -0.560. The van der Waals surface area contributed by atoms with Gasteiger partial charge in [-0.15, -0.1) is 0 Å². The molecule has 3 N–H and O–H groups in total. The molecule has 0 amide bonds. The zero-order valence-electron chi connectivity index (χ0n) is 10.7. The van der Waals surface area contributed by atoms with Crippen LogP contribution in [0.2, 0.25) is 5.02 Å². The molecule has 0 atom stereocenters. The summed E-state index contributed by atoms with van der Waals surface area (Å²) in [6.45, 7) is 2.00. The number of benzene rings is 1. The Balaban J connectivity index is 2.34. The molecule has 7 heteroatoms. The zero-order valence-corrected chi connectivity index (χ0v) is 12.3. The lowest BCUT2D eigenvalue weighted by atomic mass is 10.2. The van der Waals surface area contributed by atoms with Crippen molar-refractivity contribution in [3.05, 3.63) is 45.1 Å². The highest BCUT2D eigenvalue weighted by Gasteiger charge is 2.10. The summed E-state index contributed by atoms with van der Waals surface area (Å²) in [4.78, 5) is 18.9. The lowest BCUT2D eigenvalue weighted by molar-refractivity contribution is 0.625. The summed E-state index contributed by atoms with van der Waals surface area (Å²) in [6, 6.07) is 4.03. The molecule has 106 valence electrons. The van der Waals surface area contributed by atoms with Gasteiger partial charge in [0.25, 0.3) is 5.56 Å². The standard InChI is InChI=1S/C13H13ClFN3OS/c1-2-3-7-4-12(19)18-13(17-7)20-11-6-9(15)8(14)5-10(11)16/h4-6H,2-3,16H2,1H3,(H,17,18,19). The topological polar surface area (TPSA) is 71.8 Å². The van der Waals surface area contributed by atoms with Crippen LogP contribution in [-0.2, 0) is 6.42 Å². The summed E-state index contributed by atoms with van der Waals surface area (Å²) in [5, 5.41) is 0.349. The van der Waals surface area contributed by atoms with Gasteiger partial charge in [0, 0.05) is 22.3 Å². The fraction of sp³-hybridized carbons (Fsp3) is 0.231. The second-order valence-corrected chi connectivity index (χ2v) is 5.64. The molecule has 1 aromatic heterocycles. The van der Waals surface area contributed by atoms with E-state index in [9.17, 15) is 9.18 Å². The Labute approximate surface area is 124 Å². The molecule has 20 heavy (non-hydrogen) atoms. The van der Waals surface area contributed by atoms with Crippen LogP contribution in [0.4, 0.5) is 10.1 Å². The molecule has 0 spiro atoms. The normalized spacial score (nSPS) is 10.8. The minimum absolute atomic E-state index is 0.0342. The molecular weight excluding hydrogens is 301 g/mol. The van der Waals surface area contributed by atoms with Gasteiger partial charge in [-0.1, -0.05) is 24.9 Å². The lowest BCUT2D eigenvalue weighted by Gasteiger charge is -2.07. The molecule has 0 bridgehead atoms. The van der Waals surface area contributed by atoms with Crippen LogP contribution in [0.3, 0.4) is 0 Å². The van der Waals surface area contributed by atoms with Crippen LogP contribution < -0.4 is 11.3 Å². The SMILES string of the molecule is CCCc1cc(=O)[nH]c(Sc2cc(F)c(Cl)cc2N)n1. The van der Waals surface area contributed by atoms with Gasteiger partial charge >= 0.3 is 0 Å². The lowest BCUT2D eigenvalue weighted by Crippen LogP contribution is -2.10. The second-order valence-electron chi connectivity index (χ2n) is 4.20. The summed E-state index contributed by atoms with van der Waals surface area (Å²) < 4.78 is 13.4. The van der Waals surface area contributed by atoms with Crippen LogP contribution >= 0.6 is 23.4 Å². The Hall–Kier alpha value is -1.53. The van der Waals surface area contributed by atoms with Crippen LogP contribution in [0.25, 0.3) is 0 Å². The van der Waals surface area contributed by atoms with Crippen LogP contribution in [0.1, 0.15) is 19.0 Å². The smallest absolute Gasteiger partial charge is 0.251 e. The number of nitrogens with two attached hydrogens (primary N) is 1. The van der Waals surface area contributed by atoms with E-state index in [-0.39, 0.29) is 10.6 Å². The number of aromatic nitrogens is 2. The number of halogens is 2. The van der Waals surface area contributed by atoms with Gasteiger partial charge in [0.1, 0.15) is 5.82 Å². The van der Waals surface area contributed by atoms with Crippen molar-refractivity contribution in [1.29, 1.82) is 0 Å². The Morgan fingerprint density at radius 3 is 2.90 bits per heavy atom. The van der Waals surface area contributed by atoms with Crippen molar-refractivity contribution >= 4 is 29.1 Å². The number of H-pyrrole nitrogens is 1. The quantitative estimate of drug-likeness (QED) is 0.671. The Morgan fingerprint density at radius 1 is 1.45 bits per heavy atom. The Bertz CT molecular complexity index is 690.